The molecular formula is C24H26N2O4S. The number of nitrogens with zero attached hydrogens (tertiary/aromatic N) is 2. The van der Waals surface area contributed by atoms with Gasteiger partial charge < -0.3 is 9.47 Å². The van der Waals surface area contributed by atoms with Crippen molar-refractivity contribution in [1.82, 2.24) is 9.55 Å². The molecule has 3 aromatic rings. The van der Waals surface area contributed by atoms with E-state index in [1.54, 1.807) is 4.57 Å². The number of rotatable bonds is 5. The van der Waals surface area contributed by atoms with Gasteiger partial charge in [-0.25, -0.2) is 14.3 Å². The SMILES string of the molecule is CC1(OC(=O)n2c(-c3ccccc3)nc3cc(COC(=O)CS)ccc32)CCCCC1. The van der Waals surface area contributed by atoms with Gasteiger partial charge in [0.15, 0.2) is 5.82 Å². The number of ether oxygens (including phenoxy) is 2. The van der Waals surface area contributed by atoms with Crippen LogP contribution in [0, 0.1) is 0 Å². The van der Waals surface area contributed by atoms with Crippen molar-refractivity contribution in [3.8, 4) is 11.4 Å². The van der Waals surface area contributed by atoms with Gasteiger partial charge in [-0.15, -0.1) is 0 Å². The molecule has 0 unspecified atom stereocenters. The third-order valence-electron chi connectivity index (χ3n) is 5.71. The maximum atomic E-state index is 13.3. The second kappa shape index (κ2) is 9.14. The lowest BCUT2D eigenvalue weighted by molar-refractivity contribution is -0.141. The summed E-state index contributed by atoms with van der Waals surface area (Å²) in [5.41, 5.74) is 2.46. The van der Waals surface area contributed by atoms with Crippen LogP contribution in [0.4, 0.5) is 4.79 Å². The Bertz CT molecular complexity index is 1090. The van der Waals surface area contributed by atoms with Crippen LogP contribution in [0.5, 0.6) is 0 Å². The number of hydrogen-bond acceptors (Lipinski definition) is 6. The predicted molar refractivity (Wildman–Crippen MR) is 122 cm³/mol. The number of carbonyl (C=O) groups excluding carboxylic acids is 2. The molecule has 7 heteroatoms. The number of aromatic nitrogens is 2. The molecule has 1 fully saturated rings. The largest absolute Gasteiger partial charge is 0.460 e. The number of fused-ring (bicyclic) bond motifs is 1. The smallest absolute Gasteiger partial charge is 0.420 e. The third kappa shape index (κ3) is 4.77. The second-order valence-electron chi connectivity index (χ2n) is 8.16. The fraction of sp³-hybridized carbons (Fsp3) is 0.375. The van der Waals surface area contributed by atoms with E-state index in [1.165, 1.54) is 6.42 Å². The van der Waals surface area contributed by atoms with Crippen molar-refractivity contribution < 1.29 is 19.1 Å². The molecule has 0 N–H and O–H groups in total. The minimum Gasteiger partial charge on any atom is -0.460 e. The van der Waals surface area contributed by atoms with E-state index in [4.69, 9.17) is 14.5 Å². The zero-order valence-electron chi connectivity index (χ0n) is 17.5. The summed E-state index contributed by atoms with van der Waals surface area (Å²) in [5.74, 6) is 0.173. The minimum atomic E-state index is -0.457. The molecule has 0 bridgehead atoms. The van der Waals surface area contributed by atoms with E-state index in [0.717, 1.165) is 36.8 Å². The Kier molecular flexibility index (Phi) is 6.32. The Balaban J connectivity index is 1.72. The van der Waals surface area contributed by atoms with Gasteiger partial charge in [0, 0.05) is 5.56 Å². The zero-order valence-corrected chi connectivity index (χ0v) is 18.4. The van der Waals surface area contributed by atoms with Crippen molar-refractivity contribution >= 4 is 35.7 Å². The molecule has 6 nitrogen and oxygen atoms in total. The summed E-state index contributed by atoms with van der Waals surface area (Å²) in [7, 11) is 0. The lowest BCUT2D eigenvalue weighted by Gasteiger charge is -2.33. The zero-order chi connectivity index (χ0) is 21.8. The topological polar surface area (TPSA) is 70.4 Å². The number of esters is 1. The lowest BCUT2D eigenvalue weighted by atomic mass is 9.86. The molecule has 0 atom stereocenters. The molecule has 2 aromatic carbocycles. The number of thiol groups is 1. The van der Waals surface area contributed by atoms with Crippen LogP contribution in [-0.4, -0.2) is 33.0 Å². The van der Waals surface area contributed by atoms with E-state index in [-0.39, 0.29) is 18.3 Å². The van der Waals surface area contributed by atoms with Crippen LogP contribution < -0.4 is 0 Å². The van der Waals surface area contributed by atoms with Crippen LogP contribution in [-0.2, 0) is 20.9 Å². The number of carbonyl (C=O) groups is 2. The second-order valence-corrected chi connectivity index (χ2v) is 8.47. The quantitative estimate of drug-likeness (QED) is 0.428. The van der Waals surface area contributed by atoms with Gasteiger partial charge in [-0.1, -0.05) is 42.8 Å². The van der Waals surface area contributed by atoms with Gasteiger partial charge in [-0.2, -0.15) is 12.6 Å². The first kappa shape index (κ1) is 21.4. The molecule has 1 saturated carbocycles. The average molecular weight is 439 g/mol. The van der Waals surface area contributed by atoms with E-state index in [2.05, 4.69) is 12.6 Å². The van der Waals surface area contributed by atoms with Gasteiger partial charge in [0.2, 0.25) is 0 Å². The molecule has 1 aliphatic rings. The Morgan fingerprint density at radius 2 is 1.84 bits per heavy atom. The summed E-state index contributed by atoms with van der Waals surface area (Å²) in [5, 5.41) is 0. The first-order chi connectivity index (χ1) is 15.0. The molecule has 0 radical (unpaired) electrons. The van der Waals surface area contributed by atoms with Gasteiger partial charge >= 0.3 is 12.1 Å². The molecule has 0 aliphatic heterocycles. The minimum absolute atomic E-state index is 0.0274. The molecule has 0 saturated heterocycles. The fourth-order valence-electron chi connectivity index (χ4n) is 4.05. The van der Waals surface area contributed by atoms with E-state index >= 15 is 0 Å². The van der Waals surface area contributed by atoms with Crippen molar-refractivity contribution in [2.75, 3.05) is 5.75 Å². The summed E-state index contributed by atoms with van der Waals surface area (Å²) in [6.07, 6.45) is 4.62. The molecule has 1 heterocycles. The molecule has 0 amide bonds. The third-order valence-corrected chi connectivity index (χ3v) is 5.97. The molecule has 162 valence electrons. The van der Waals surface area contributed by atoms with Crippen LogP contribution in [0.3, 0.4) is 0 Å². The highest BCUT2D eigenvalue weighted by Crippen LogP contribution is 2.33. The Labute approximate surface area is 187 Å². The highest BCUT2D eigenvalue weighted by Gasteiger charge is 2.32. The van der Waals surface area contributed by atoms with Crippen LogP contribution in [0.2, 0.25) is 0 Å². The standard InChI is InChI=1S/C24H26N2O4S/c1-24(12-6-3-7-13-24)30-23(28)26-20-11-10-17(15-29-21(27)16-31)14-19(20)25-22(26)18-8-4-2-5-9-18/h2,4-5,8-11,14,31H,3,6-7,12-13,15-16H2,1H3. The van der Waals surface area contributed by atoms with Crippen LogP contribution in [0.15, 0.2) is 48.5 Å². The highest BCUT2D eigenvalue weighted by molar-refractivity contribution is 7.81. The average Bonchev–Trinajstić information content (AvgIpc) is 3.17. The van der Waals surface area contributed by atoms with Gasteiger partial charge in [-0.05, 0) is 50.3 Å². The summed E-state index contributed by atoms with van der Waals surface area (Å²) in [6, 6.07) is 15.1. The highest BCUT2D eigenvalue weighted by atomic mass is 32.1. The first-order valence-corrected chi connectivity index (χ1v) is 11.2. The van der Waals surface area contributed by atoms with Gasteiger partial charge in [-0.3, -0.25) is 4.79 Å². The monoisotopic (exact) mass is 438 g/mol. The summed E-state index contributed by atoms with van der Waals surface area (Å²) < 4.78 is 12.7. The van der Waals surface area contributed by atoms with Crippen molar-refractivity contribution in [2.45, 2.75) is 51.2 Å². The summed E-state index contributed by atoms with van der Waals surface area (Å²) in [6.45, 7) is 2.14. The molecule has 31 heavy (non-hydrogen) atoms. The van der Waals surface area contributed by atoms with E-state index in [0.29, 0.717) is 16.9 Å². The maximum absolute atomic E-state index is 13.3. The van der Waals surface area contributed by atoms with E-state index in [9.17, 15) is 9.59 Å². The normalized spacial score (nSPS) is 15.5. The van der Waals surface area contributed by atoms with E-state index < -0.39 is 11.7 Å². The summed E-state index contributed by atoms with van der Waals surface area (Å²) in [4.78, 5) is 29.5. The van der Waals surface area contributed by atoms with Crippen molar-refractivity contribution in [3.05, 3.63) is 54.1 Å². The number of benzene rings is 2. The molecule has 1 aliphatic carbocycles. The summed E-state index contributed by atoms with van der Waals surface area (Å²) >= 11 is 3.92. The Morgan fingerprint density at radius 3 is 2.55 bits per heavy atom. The van der Waals surface area contributed by atoms with Crippen molar-refractivity contribution in [3.63, 3.8) is 0 Å². The molecule has 0 spiro atoms. The predicted octanol–water partition coefficient (Wildman–Crippen LogP) is 5.38. The number of imidazole rings is 1. The van der Waals surface area contributed by atoms with E-state index in [1.807, 2.05) is 55.5 Å². The fourth-order valence-corrected chi connectivity index (χ4v) is 4.14. The van der Waals surface area contributed by atoms with Gasteiger partial charge in [0.1, 0.15) is 12.2 Å². The van der Waals surface area contributed by atoms with Crippen LogP contribution in [0.1, 0.15) is 44.6 Å². The molecular weight excluding hydrogens is 412 g/mol. The molecule has 4 rings (SSSR count). The first-order valence-electron chi connectivity index (χ1n) is 10.6. The van der Waals surface area contributed by atoms with Gasteiger partial charge in [0.25, 0.3) is 0 Å². The van der Waals surface area contributed by atoms with Crippen molar-refractivity contribution in [2.24, 2.45) is 0 Å². The lowest BCUT2D eigenvalue weighted by Crippen LogP contribution is -2.35. The number of hydrogen-bond donors (Lipinski definition) is 1. The van der Waals surface area contributed by atoms with Crippen LogP contribution in [0.25, 0.3) is 22.4 Å². The maximum Gasteiger partial charge on any atom is 0.420 e. The van der Waals surface area contributed by atoms with Gasteiger partial charge in [0.05, 0.1) is 16.8 Å². The molecule has 1 aromatic heterocycles. The van der Waals surface area contributed by atoms with Crippen LogP contribution >= 0.6 is 12.6 Å². The Morgan fingerprint density at radius 1 is 1.10 bits per heavy atom. The van der Waals surface area contributed by atoms with Crippen molar-refractivity contribution in [1.29, 1.82) is 0 Å². The Hall–Kier alpha value is -2.80.